The predicted octanol–water partition coefficient (Wildman–Crippen LogP) is 6.86. The maximum absolute atomic E-state index is 4.28. The van der Waals surface area contributed by atoms with Crippen LogP contribution in [0.2, 0.25) is 6.32 Å². The third-order valence-corrected chi connectivity index (χ3v) is 5.22. The van der Waals surface area contributed by atoms with Crippen LogP contribution in [0.25, 0.3) is 0 Å². The lowest BCUT2D eigenvalue weighted by atomic mass is 9.88. The molecule has 0 saturated carbocycles. The molecule has 2 nitrogen and oxygen atoms in total. The highest BCUT2D eigenvalue weighted by molar-refractivity contribution is 6.08. The van der Waals surface area contributed by atoms with Gasteiger partial charge in [0, 0.05) is 11.6 Å². The van der Waals surface area contributed by atoms with E-state index in [4.69, 9.17) is 0 Å². The molecule has 3 heteroatoms. The zero-order chi connectivity index (χ0) is 21.8. The number of allylic oxidation sites excluding steroid dienone is 2. The molecule has 0 radical (unpaired) electrons. The summed E-state index contributed by atoms with van der Waals surface area (Å²) in [5, 5.41) is 0. The Morgan fingerprint density at radius 3 is 1.83 bits per heavy atom. The molecule has 0 aliphatic rings. The highest BCUT2D eigenvalue weighted by atomic mass is 14.9. The first kappa shape index (κ1) is 23.7. The third kappa shape index (κ3) is 7.37. The van der Waals surface area contributed by atoms with E-state index in [-0.39, 0.29) is 0 Å². The van der Waals surface area contributed by atoms with Crippen molar-refractivity contribution in [3.63, 3.8) is 0 Å². The van der Waals surface area contributed by atoms with E-state index in [2.05, 4.69) is 118 Å². The Hall–Kier alpha value is -2.55. The second-order valence-corrected chi connectivity index (χ2v) is 8.38. The maximum Gasteiger partial charge on any atom is 0.101 e. The minimum atomic E-state index is 0.468. The van der Waals surface area contributed by atoms with Gasteiger partial charge in [0.25, 0.3) is 0 Å². The summed E-state index contributed by atoms with van der Waals surface area (Å²) in [5.74, 6) is 1.55. The van der Waals surface area contributed by atoms with Gasteiger partial charge >= 0.3 is 0 Å². The molecular formula is C27H37BN2. The molecule has 3 rings (SSSR count). The van der Waals surface area contributed by atoms with Crippen molar-refractivity contribution in [1.29, 1.82) is 0 Å². The van der Waals surface area contributed by atoms with E-state index in [1.165, 1.54) is 35.3 Å². The summed E-state index contributed by atoms with van der Waals surface area (Å²) in [6.45, 7) is 8.70. The average Bonchev–Trinajstić information content (AvgIpc) is 3.26. The number of aromatic amines is 1. The third-order valence-electron chi connectivity index (χ3n) is 5.22. The second kappa shape index (κ2) is 12.9. The number of aromatic nitrogens is 2. The van der Waals surface area contributed by atoms with Crippen molar-refractivity contribution in [3.8, 4) is 0 Å². The minimum absolute atomic E-state index is 0.468. The summed E-state index contributed by atoms with van der Waals surface area (Å²) in [6, 6.07) is 21.6. The molecule has 0 amide bonds. The van der Waals surface area contributed by atoms with Crippen molar-refractivity contribution in [1.82, 2.24) is 9.97 Å². The quantitative estimate of drug-likeness (QED) is 0.325. The highest BCUT2D eigenvalue weighted by Gasteiger charge is 2.12. The van der Waals surface area contributed by atoms with Gasteiger partial charge in [0.05, 0.1) is 12.0 Å². The number of hydrogen-bond donors (Lipinski definition) is 1. The number of H-pyrrole nitrogens is 1. The number of hydrogen-bond acceptors (Lipinski definition) is 1. The van der Waals surface area contributed by atoms with Crippen LogP contribution in [0.3, 0.4) is 0 Å². The van der Waals surface area contributed by atoms with Gasteiger partial charge in [-0.2, -0.15) is 0 Å². The largest absolute Gasteiger partial charge is 0.348 e. The Bertz CT molecular complexity index is 789. The van der Waals surface area contributed by atoms with Crippen molar-refractivity contribution in [2.75, 3.05) is 0 Å². The van der Waals surface area contributed by atoms with Gasteiger partial charge < -0.3 is 4.98 Å². The molecule has 0 spiro atoms. The lowest BCUT2D eigenvalue weighted by molar-refractivity contribution is 0.759. The van der Waals surface area contributed by atoms with E-state index in [0.717, 1.165) is 6.42 Å². The monoisotopic (exact) mass is 400 g/mol. The maximum atomic E-state index is 4.28. The van der Waals surface area contributed by atoms with Crippen LogP contribution in [-0.4, -0.2) is 17.8 Å². The van der Waals surface area contributed by atoms with Gasteiger partial charge in [-0.1, -0.05) is 107 Å². The Kier molecular flexibility index (Phi) is 10.2. The number of nitrogens with one attached hydrogen (secondary N) is 1. The molecule has 2 aromatic carbocycles. The van der Waals surface area contributed by atoms with Crippen LogP contribution in [0, 0.1) is 0 Å². The van der Waals surface area contributed by atoms with Crippen LogP contribution in [0.5, 0.6) is 0 Å². The summed E-state index contributed by atoms with van der Waals surface area (Å²) in [4.78, 5) is 7.46. The van der Waals surface area contributed by atoms with E-state index in [9.17, 15) is 0 Å². The summed E-state index contributed by atoms with van der Waals surface area (Å²) in [6.07, 6.45) is 9.89. The van der Waals surface area contributed by atoms with Gasteiger partial charge in [0.15, 0.2) is 0 Å². The lowest BCUT2D eigenvalue weighted by Crippen LogP contribution is -1.99. The summed E-state index contributed by atoms with van der Waals surface area (Å²) >= 11 is 0. The fourth-order valence-electron chi connectivity index (χ4n) is 3.59. The predicted molar refractivity (Wildman–Crippen MR) is 133 cm³/mol. The minimum Gasteiger partial charge on any atom is -0.348 e. The van der Waals surface area contributed by atoms with Gasteiger partial charge in [-0.25, -0.2) is 4.98 Å². The molecule has 0 atom stereocenters. The Morgan fingerprint density at radius 1 is 0.833 bits per heavy atom. The molecule has 30 heavy (non-hydrogen) atoms. The lowest BCUT2D eigenvalue weighted by Gasteiger charge is -2.16. The molecule has 1 N–H and O–H groups in total. The van der Waals surface area contributed by atoms with Crippen molar-refractivity contribution in [2.45, 2.75) is 64.6 Å². The second-order valence-electron chi connectivity index (χ2n) is 8.38. The van der Waals surface area contributed by atoms with E-state index < -0.39 is 0 Å². The smallest absolute Gasteiger partial charge is 0.101 e. The summed E-state index contributed by atoms with van der Waals surface area (Å²) < 4.78 is 0. The molecular weight excluding hydrogens is 363 g/mol. The van der Waals surface area contributed by atoms with Crippen LogP contribution in [0.15, 0.2) is 79.1 Å². The van der Waals surface area contributed by atoms with Crippen LogP contribution in [0.4, 0.5) is 0 Å². The molecule has 0 unspecified atom stereocenters. The van der Waals surface area contributed by atoms with Crippen molar-refractivity contribution in [3.05, 3.63) is 102 Å². The van der Waals surface area contributed by atoms with E-state index in [1.54, 1.807) is 6.33 Å². The van der Waals surface area contributed by atoms with Gasteiger partial charge in [0.2, 0.25) is 0 Å². The number of nitrogens with zero attached hydrogens (tertiary/aromatic N) is 1. The summed E-state index contributed by atoms with van der Waals surface area (Å²) in [5.41, 5.74) is 5.28. The van der Waals surface area contributed by atoms with Crippen LogP contribution < -0.4 is 0 Å². The molecule has 158 valence electrons. The zero-order valence-corrected chi connectivity index (χ0v) is 19.3. The van der Waals surface area contributed by atoms with E-state index >= 15 is 0 Å². The first-order chi connectivity index (χ1) is 14.5. The highest BCUT2D eigenvalue weighted by Crippen LogP contribution is 2.28. The fraction of sp³-hybridized carbons (Fsp3) is 0.370. The Morgan fingerprint density at radius 2 is 1.40 bits per heavy atom. The molecule has 0 aliphatic heterocycles. The van der Waals surface area contributed by atoms with Gasteiger partial charge in [-0.05, 0) is 35.8 Å². The zero-order valence-electron chi connectivity index (χ0n) is 19.3. The topological polar surface area (TPSA) is 28.7 Å². The molecule has 3 aromatic rings. The standard InChI is InChI=1S/C18H21B.C9H16N2/c19-15-9-3-8-14-18(16-10-4-1-5-11-16)17-12-6-2-7-13-17;1-6(2)8-9(7(3)4)11-5-10-8/h1-8,10-13,18H,9,14-15,19H2;5-7H,1-4H3,(H,10,11). The van der Waals surface area contributed by atoms with Crippen LogP contribution in [-0.2, 0) is 0 Å². The van der Waals surface area contributed by atoms with Crippen molar-refractivity contribution in [2.24, 2.45) is 0 Å². The van der Waals surface area contributed by atoms with Crippen LogP contribution in [0.1, 0.15) is 80.8 Å². The molecule has 1 aromatic heterocycles. The molecule has 0 saturated heterocycles. The Balaban J connectivity index is 0.000000248. The van der Waals surface area contributed by atoms with Gasteiger partial charge in [-0.15, -0.1) is 0 Å². The normalized spacial score (nSPS) is 11.3. The first-order valence-corrected chi connectivity index (χ1v) is 11.3. The fourth-order valence-corrected chi connectivity index (χ4v) is 3.59. The average molecular weight is 400 g/mol. The molecule has 0 fully saturated rings. The molecule has 0 bridgehead atoms. The van der Waals surface area contributed by atoms with E-state index in [0.29, 0.717) is 17.8 Å². The molecule has 1 heterocycles. The first-order valence-electron chi connectivity index (χ1n) is 11.3. The number of imidazole rings is 1. The SMILES string of the molecule is BCCC=CCC(c1ccccc1)c1ccccc1.CC(C)c1nc[nH]c1C(C)C. The van der Waals surface area contributed by atoms with E-state index in [1.807, 2.05) is 0 Å². The molecule has 0 aliphatic carbocycles. The van der Waals surface area contributed by atoms with Crippen molar-refractivity contribution >= 4 is 7.85 Å². The van der Waals surface area contributed by atoms with Crippen LogP contribution >= 0.6 is 0 Å². The number of rotatable bonds is 8. The van der Waals surface area contributed by atoms with Crippen molar-refractivity contribution < 1.29 is 0 Å². The van der Waals surface area contributed by atoms with Gasteiger partial charge in [-0.3, -0.25) is 0 Å². The Labute approximate surface area is 184 Å². The summed E-state index contributed by atoms with van der Waals surface area (Å²) in [7, 11) is 2.22. The van der Waals surface area contributed by atoms with Gasteiger partial charge in [0.1, 0.15) is 7.85 Å². The number of benzene rings is 2.